The molecule has 146 valence electrons. The molecule has 1 aromatic heterocycles. The highest BCUT2D eigenvalue weighted by Crippen LogP contribution is 2.32. The Morgan fingerprint density at radius 2 is 2.15 bits per heavy atom. The Balaban J connectivity index is 2.22. The second-order valence-corrected chi connectivity index (χ2v) is 7.60. The van der Waals surface area contributed by atoms with Crippen molar-refractivity contribution < 1.29 is 19.1 Å². The zero-order valence-electron chi connectivity index (χ0n) is 16.6. The number of methoxy groups -OCH3 is 1. The molecule has 1 atom stereocenters. The highest BCUT2D eigenvalue weighted by Gasteiger charge is 2.27. The molecule has 7 heteroatoms. The van der Waals surface area contributed by atoms with Gasteiger partial charge in [0.2, 0.25) is 0 Å². The maximum Gasteiger partial charge on any atom is 0.410 e. The minimum Gasteiger partial charge on any atom is -0.466 e. The normalized spacial score (nSPS) is 16.0. The molecule has 0 saturated heterocycles. The van der Waals surface area contributed by atoms with Crippen LogP contribution in [0.3, 0.4) is 0 Å². The number of esters is 1. The van der Waals surface area contributed by atoms with Crippen LogP contribution < -0.4 is 0 Å². The topological polar surface area (TPSA) is 84.5 Å². The van der Waals surface area contributed by atoms with Gasteiger partial charge in [-0.2, -0.15) is 0 Å². The van der Waals surface area contributed by atoms with Gasteiger partial charge in [-0.3, -0.25) is 4.90 Å². The number of ether oxygens (including phenoxy) is 2. The number of fused-ring (bicyclic) bond motifs is 1. The minimum absolute atomic E-state index is 0.0982. The third-order valence-electron chi connectivity index (χ3n) is 4.11. The monoisotopic (exact) mass is 373 g/mol. The van der Waals surface area contributed by atoms with Crippen LogP contribution in [0.4, 0.5) is 4.79 Å². The maximum absolute atomic E-state index is 12.5. The summed E-state index contributed by atoms with van der Waals surface area (Å²) in [6, 6.07) is 0. The lowest BCUT2D eigenvalue weighted by molar-refractivity contribution is -0.136. The first kappa shape index (κ1) is 20.6. The average molecular weight is 373 g/mol. The molecule has 1 amide bonds. The van der Waals surface area contributed by atoms with Gasteiger partial charge >= 0.3 is 12.1 Å². The van der Waals surface area contributed by atoms with Crippen molar-refractivity contribution in [2.24, 2.45) is 0 Å². The standard InChI is InChI=1S/C20H27N3O4/c1-7-8-9-23(19(25)27-20(3,4)5)12-16-21-15-11-14(18(24)26-6)10-13(2)17(15)22-16/h1,11,13H,8-10,12H2,2-6H3,(H,21,22). The van der Waals surface area contributed by atoms with E-state index in [1.807, 2.05) is 27.7 Å². The van der Waals surface area contributed by atoms with Crippen molar-refractivity contribution >= 4 is 18.1 Å². The molecule has 7 nitrogen and oxygen atoms in total. The lowest BCUT2D eigenvalue weighted by Crippen LogP contribution is -2.37. The van der Waals surface area contributed by atoms with E-state index in [4.69, 9.17) is 15.9 Å². The van der Waals surface area contributed by atoms with Crippen molar-refractivity contribution in [3.05, 3.63) is 22.8 Å². The fraction of sp³-hybridized carbons (Fsp3) is 0.550. The second kappa shape index (κ2) is 8.30. The van der Waals surface area contributed by atoms with Gasteiger partial charge in [-0.25, -0.2) is 14.6 Å². The van der Waals surface area contributed by atoms with Crippen LogP contribution in [0, 0.1) is 12.3 Å². The van der Waals surface area contributed by atoms with Crippen LogP contribution in [0.2, 0.25) is 0 Å². The Hall–Kier alpha value is -2.75. The van der Waals surface area contributed by atoms with Gasteiger partial charge in [-0.1, -0.05) is 6.92 Å². The molecule has 1 aromatic rings. The number of aromatic amines is 1. The Morgan fingerprint density at radius 3 is 2.74 bits per heavy atom. The molecule has 1 heterocycles. The molecule has 0 aliphatic heterocycles. The van der Waals surface area contributed by atoms with Crippen LogP contribution in [-0.4, -0.2) is 46.2 Å². The lowest BCUT2D eigenvalue weighted by Gasteiger charge is -2.26. The molecule has 0 radical (unpaired) electrons. The molecule has 0 fully saturated rings. The van der Waals surface area contributed by atoms with Crippen LogP contribution in [0.5, 0.6) is 0 Å². The molecule has 1 unspecified atom stereocenters. The van der Waals surface area contributed by atoms with E-state index in [-0.39, 0.29) is 18.4 Å². The number of carbonyl (C=O) groups excluding carboxylic acids is 2. The second-order valence-electron chi connectivity index (χ2n) is 7.60. The van der Waals surface area contributed by atoms with E-state index in [0.717, 1.165) is 5.69 Å². The number of hydrogen-bond acceptors (Lipinski definition) is 5. The van der Waals surface area contributed by atoms with E-state index in [9.17, 15) is 9.59 Å². The van der Waals surface area contributed by atoms with Crippen molar-refractivity contribution in [1.29, 1.82) is 0 Å². The summed E-state index contributed by atoms with van der Waals surface area (Å²) in [5.41, 5.74) is 1.64. The van der Waals surface area contributed by atoms with Gasteiger partial charge in [0.1, 0.15) is 11.4 Å². The van der Waals surface area contributed by atoms with Crippen LogP contribution >= 0.6 is 0 Å². The van der Waals surface area contributed by atoms with Gasteiger partial charge in [0.05, 0.1) is 19.3 Å². The summed E-state index contributed by atoms with van der Waals surface area (Å²) < 4.78 is 10.3. The zero-order chi connectivity index (χ0) is 20.2. The summed E-state index contributed by atoms with van der Waals surface area (Å²) in [5, 5.41) is 0. The Morgan fingerprint density at radius 1 is 1.44 bits per heavy atom. The number of nitrogens with one attached hydrogen (secondary N) is 1. The van der Waals surface area contributed by atoms with Gasteiger partial charge < -0.3 is 14.5 Å². The number of rotatable bonds is 5. The first-order valence-electron chi connectivity index (χ1n) is 8.93. The number of hydrogen-bond donors (Lipinski definition) is 1. The largest absolute Gasteiger partial charge is 0.466 e. The molecular formula is C20H27N3O4. The van der Waals surface area contributed by atoms with Crippen molar-refractivity contribution in [2.75, 3.05) is 13.7 Å². The highest BCUT2D eigenvalue weighted by molar-refractivity contribution is 5.94. The summed E-state index contributed by atoms with van der Waals surface area (Å²) in [5.74, 6) is 2.92. The van der Waals surface area contributed by atoms with Crippen LogP contribution in [0.15, 0.2) is 5.57 Å². The summed E-state index contributed by atoms with van der Waals surface area (Å²) in [4.78, 5) is 33.7. The third-order valence-corrected chi connectivity index (χ3v) is 4.11. The number of carbonyl (C=O) groups is 2. The molecule has 2 rings (SSSR count). The van der Waals surface area contributed by atoms with E-state index >= 15 is 0 Å². The molecular weight excluding hydrogens is 346 g/mol. The Kier molecular flexibility index (Phi) is 6.32. The van der Waals surface area contributed by atoms with Crippen LogP contribution in [0.25, 0.3) is 6.08 Å². The molecule has 27 heavy (non-hydrogen) atoms. The van der Waals surface area contributed by atoms with E-state index in [1.165, 1.54) is 12.0 Å². The fourth-order valence-corrected chi connectivity index (χ4v) is 2.88. The smallest absolute Gasteiger partial charge is 0.410 e. The first-order chi connectivity index (χ1) is 12.6. The van der Waals surface area contributed by atoms with Gasteiger partial charge in [0.15, 0.2) is 0 Å². The maximum atomic E-state index is 12.5. The Bertz CT molecular complexity index is 780. The number of nitrogens with zero attached hydrogens (tertiary/aromatic N) is 2. The number of terminal acetylenes is 1. The van der Waals surface area contributed by atoms with E-state index in [2.05, 4.69) is 15.9 Å². The molecule has 1 aliphatic carbocycles. The highest BCUT2D eigenvalue weighted by atomic mass is 16.6. The average Bonchev–Trinajstić information content (AvgIpc) is 2.99. The van der Waals surface area contributed by atoms with Gasteiger partial charge in [0.25, 0.3) is 0 Å². The Labute approximate surface area is 160 Å². The van der Waals surface area contributed by atoms with Crippen molar-refractivity contribution in [3.8, 4) is 12.3 Å². The van der Waals surface area contributed by atoms with Crippen molar-refractivity contribution in [2.45, 2.75) is 58.6 Å². The summed E-state index contributed by atoms with van der Waals surface area (Å²) in [6.45, 7) is 8.08. The fourth-order valence-electron chi connectivity index (χ4n) is 2.88. The number of amides is 1. The molecule has 0 bridgehead atoms. The van der Waals surface area contributed by atoms with Crippen LogP contribution in [0.1, 0.15) is 63.7 Å². The quantitative estimate of drug-likeness (QED) is 0.633. The van der Waals surface area contributed by atoms with E-state index < -0.39 is 11.7 Å². The van der Waals surface area contributed by atoms with Crippen molar-refractivity contribution in [3.63, 3.8) is 0 Å². The first-order valence-corrected chi connectivity index (χ1v) is 8.93. The molecule has 0 spiro atoms. The van der Waals surface area contributed by atoms with Gasteiger partial charge in [0, 0.05) is 30.2 Å². The molecule has 1 N–H and O–H groups in total. The lowest BCUT2D eigenvalue weighted by atomic mass is 9.91. The summed E-state index contributed by atoms with van der Waals surface area (Å²) in [6.07, 6.45) is 7.64. The van der Waals surface area contributed by atoms with E-state index in [1.54, 1.807) is 6.08 Å². The van der Waals surface area contributed by atoms with Crippen molar-refractivity contribution in [1.82, 2.24) is 14.9 Å². The molecule has 0 aromatic carbocycles. The molecule has 1 aliphatic rings. The predicted molar refractivity (Wildman–Crippen MR) is 102 cm³/mol. The van der Waals surface area contributed by atoms with Gasteiger partial charge in [-0.05, 0) is 33.3 Å². The number of H-pyrrole nitrogens is 1. The minimum atomic E-state index is -0.597. The molecule has 0 saturated carbocycles. The summed E-state index contributed by atoms with van der Waals surface area (Å²) >= 11 is 0. The van der Waals surface area contributed by atoms with E-state index in [0.29, 0.717) is 36.5 Å². The van der Waals surface area contributed by atoms with Crippen LogP contribution in [-0.2, 0) is 20.8 Å². The number of imidazole rings is 1. The zero-order valence-corrected chi connectivity index (χ0v) is 16.6. The SMILES string of the molecule is C#CCCN(Cc1nc2c([nH]1)C(C)CC(C(=O)OC)=C2)C(=O)OC(C)(C)C. The summed E-state index contributed by atoms with van der Waals surface area (Å²) in [7, 11) is 1.36. The number of aromatic nitrogens is 2. The predicted octanol–water partition coefficient (Wildman–Crippen LogP) is 3.23. The third kappa shape index (κ3) is 5.36. The van der Waals surface area contributed by atoms with Gasteiger partial charge in [-0.15, -0.1) is 12.3 Å².